The van der Waals surface area contributed by atoms with Crippen LogP contribution in [0.5, 0.6) is 0 Å². The molecule has 6 heteroatoms. The molecule has 0 radical (unpaired) electrons. The molecule has 1 atom stereocenters. The number of esters is 1. The molecule has 4 nitrogen and oxygen atoms in total. The maximum absolute atomic E-state index is 11.2. The third kappa shape index (κ3) is 3.78. The molecule has 0 bridgehead atoms. The standard InChI is InChI=1S/C16H13Cl2NO3/c1-10(21)22-15(9-20)11-5-2-3-8-14(11)19-16-12(17)6-4-7-13(16)18/h2-9,15,19H,1H3. The van der Waals surface area contributed by atoms with Crippen LogP contribution in [-0.4, -0.2) is 12.3 Å². The summed E-state index contributed by atoms with van der Waals surface area (Å²) < 4.78 is 5.01. The number of nitrogens with one attached hydrogen (secondary N) is 1. The first-order valence-corrected chi connectivity index (χ1v) is 7.21. The van der Waals surface area contributed by atoms with E-state index < -0.39 is 12.1 Å². The molecule has 0 amide bonds. The van der Waals surface area contributed by atoms with E-state index >= 15 is 0 Å². The van der Waals surface area contributed by atoms with E-state index in [2.05, 4.69) is 5.32 Å². The zero-order valence-corrected chi connectivity index (χ0v) is 13.2. The minimum Gasteiger partial charge on any atom is -0.450 e. The predicted octanol–water partition coefficient (Wildman–Crippen LogP) is 4.54. The Hall–Kier alpha value is -2.04. The van der Waals surface area contributed by atoms with Crippen molar-refractivity contribution in [2.75, 3.05) is 5.32 Å². The summed E-state index contributed by atoms with van der Waals surface area (Å²) in [6.07, 6.45) is -0.432. The van der Waals surface area contributed by atoms with E-state index in [1.54, 1.807) is 42.5 Å². The van der Waals surface area contributed by atoms with E-state index in [4.69, 9.17) is 27.9 Å². The monoisotopic (exact) mass is 337 g/mol. The third-order valence-electron chi connectivity index (χ3n) is 2.91. The number of hydrogen-bond donors (Lipinski definition) is 1. The van der Waals surface area contributed by atoms with Crippen LogP contribution in [0.1, 0.15) is 18.6 Å². The SMILES string of the molecule is CC(=O)OC(C=O)c1ccccc1Nc1c(Cl)cccc1Cl. The van der Waals surface area contributed by atoms with Gasteiger partial charge in [0, 0.05) is 18.2 Å². The Balaban J connectivity index is 2.40. The van der Waals surface area contributed by atoms with Crippen molar-refractivity contribution < 1.29 is 14.3 Å². The van der Waals surface area contributed by atoms with Gasteiger partial charge in [0.2, 0.25) is 0 Å². The summed E-state index contributed by atoms with van der Waals surface area (Å²) in [6.45, 7) is 1.25. The van der Waals surface area contributed by atoms with E-state index in [0.717, 1.165) is 0 Å². The highest BCUT2D eigenvalue weighted by Crippen LogP contribution is 2.35. The second-order valence-corrected chi connectivity index (χ2v) is 5.29. The summed E-state index contributed by atoms with van der Waals surface area (Å²) in [6, 6.07) is 12.1. The molecule has 1 N–H and O–H groups in total. The van der Waals surface area contributed by atoms with Gasteiger partial charge in [0.1, 0.15) is 0 Å². The van der Waals surface area contributed by atoms with Crippen molar-refractivity contribution in [3.63, 3.8) is 0 Å². The van der Waals surface area contributed by atoms with Crippen molar-refractivity contribution in [2.45, 2.75) is 13.0 Å². The van der Waals surface area contributed by atoms with Crippen LogP contribution in [0.3, 0.4) is 0 Å². The minimum absolute atomic E-state index is 0.442. The van der Waals surface area contributed by atoms with Crippen molar-refractivity contribution in [3.05, 3.63) is 58.1 Å². The number of carbonyl (C=O) groups excluding carboxylic acids is 2. The second-order valence-electron chi connectivity index (χ2n) is 4.48. The number of para-hydroxylation sites is 2. The second kappa shape index (κ2) is 7.29. The van der Waals surface area contributed by atoms with Gasteiger partial charge in [-0.15, -0.1) is 0 Å². The van der Waals surface area contributed by atoms with Gasteiger partial charge in [-0.05, 0) is 18.2 Å². The van der Waals surface area contributed by atoms with Gasteiger partial charge in [0.15, 0.2) is 12.4 Å². The summed E-state index contributed by atoms with van der Waals surface area (Å²) in [5.74, 6) is -0.539. The molecule has 22 heavy (non-hydrogen) atoms. The summed E-state index contributed by atoms with van der Waals surface area (Å²) in [5.41, 5.74) is 1.62. The van der Waals surface area contributed by atoms with Crippen LogP contribution in [-0.2, 0) is 14.3 Å². The van der Waals surface area contributed by atoms with Crippen molar-refractivity contribution in [3.8, 4) is 0 Å². The van der Waals surface area contributed by atoms with Crippen molar-refractivity contribution in [1.29, 1.82) is 0 Å². The average Bonchev–Trinajstić information content (AvgIpc) is 2.49. The number of ether oxygens (including phenoxy) is 1. The molecule has 0 spiro atoms. The molecule has 2 aromatic rings. The van der Waals surface area contributed by atoms with Crippen molar-refractivity contribution >= 4 is 46.8 Å². The van der Waals surface area contributed by atoms with Gasteiger partial charge in [0.05, 0.1) is 15.7 Å². The van der Waals surface area contributed by atoms with Crippen LogP contribution in [0.4, 0.5) is 11.4 Å². The van der Waals surface area contributed by atoms with E-state index in [9.17, 15) is 9.59 Å². The lowest BCUT2D eigenvalue weighted by atomic mass is 10.1. The molecule has 0 aliphatic heterocycles. The molecule has 0 saturated carbocycles. The smallest absolute Gasteiger partial charge is 0.303 e. The zero-order valence-electron chi connectivity index (χ0n) is 11.7. The quantitative estimate of drug-likeness (QED) is 0.642. The first-order chi connectivity index (χ1) is 10.5. The van der Waals surface area contributed by atoms with Crippen LogP contribution in [0.25, 0.3) is 0 Å². The number of benzene rings is 2. The lowest BCUT2D eigenvalue weighted by molar-refractivity contribution is -0.149. The Morgan fingerprint density at radius 3 is 2.36 bits per heavy atom. The van der Waals surface area contributed by atoms with Gasteiger partial charge in [-0.2, -0.15) is 0 Å². The highest BCUT2D eigenvalue weighted by Gasteiger charge is 2.18. The highest BCUT2D eigenvalue weighted by atomic mass is 35.5. The zero-order chi connectivity index (χ0) is 16.1. The molecule has 0 aliphatic carbocycles. The minimum atomic E-state index is -0.998. The molecule has 2 rings (SSSR count). The predicted molar refractivity (Wildman–Crippen MR) is 86.8 cm³/mol. The van der Waals surface area contributed by atoms with Gasteiger partial charge in [-0.25, -0.2) is 0 Å². The summed E-state index contributed by atoms with van der Waals surface area (Å²) >= 11 is 12.3. The third-order valence-corrected chi connectivity index (χ3v) is 3.54. The van der Waals surface area contributed by atoms with Gasteiger partial charge in [-0.1, -0.05) is 47.5 Å². The molecule has 0 aromatic heterocycles. The summed E-state index contributed by atoms with van der Waals surface area (Å²) in [4.78, 5) is 22.3. The number of anilines is 2. The number of aldehydes is 1. The van der Waals surface area contributed by atoms with Crippen molar-refractivity contribution in [2.24, 2.45) is 0 Å². The van der Waals surface area contributed by atoms with Crippen LogP contribution in [0, 0.1) is 0 Å². The number of halogens is 2. The van der Waals surface area contributed by atoms with Gasteiger partial charge < -0.3 is 10.1 Å². The molecular weight excluding hydrogens is 325 g/mol. The van der Waals surface area contributed by atoms with E-state index in [0.29, 0.717) is 33.3 Å². The van der Waals surface area contributed by atoms with E-state index in [-0.39, 0.29) is 0 Å². The largest absolute Gasteiger partial charge is 0.450 e. The fourth-order valence-electron chi connectivity index (χ4n) is 1.95. The fraction of sp³-hybridized carbons (Fsp3) is 0.125. The van der Waals surface area contributed by atoms with Crippen LogP contribution in [0.2, 0.25) is 10.0 Å². The maximum Gasteiger partial charge on any atom is 0.303 e. The maximum atomic E-state index is 11.2. The molecule has 2 aromatic carbocycles. The molecule has 0 heterocycles. The van der Waals surface area contributed by atoms with Crippen LogP contribution < -0.4 is 5.32 Å². The Morgan fingerprint density at radius 1 is 1.14 bits per heavy atom. The first-order valence-electron chi connectivity index (χ1n) is 6.45. The first kappa shape index (κ1) is 16.3. The Bertz CT molecular complexity index is 683. The average molecular weight is 338 g/mol. The molecule has 1 unspecified atom stereocenters. The topological polar surface area (TPSA) is 55.4 Å². The van der Waals surface area contributed by atoms with Crippen LogP contribution in [0.15, 0.2) is 42.5 Å². The lowest BCUT2D eigenvalue weighted by Gasteiger charge is -2.18. The van der Waals surface area contributed by atoms with Gasteiger partial charge >= 0.3 is 5.97 Å². The molecule has 114 valence electrons. The number of rotatable bonds is 5. The highest BCUT2D eigenvalue weighted by molar-refractivity contribution is 6.39. The Morgan fingerprint density at radius 2 is 1.77 bits per heavy atom. The van der Waals surface area contributed by atoms with Gasteiger partial charge in [0.25, 0.3) is 0 Å². The van der Waals surface area contributed by atoms with Crippen LogP contribution >= 0.6 is 23.2 Å². The molecule has 0 saturated heterocycles. The normalized spacial score (nSPS) is 11.6. The molecule has 0 fully saturated rings. The Labute approximate surface area is 138 Å². The number of carbonyl (C=O) groups is 2. The molecule has 0 aliphatic rings. The summed E-state index contributed by atoms with van der Waals surface area (Å²) in [7, 11) is 0. The number of hydrogen-bond acceptors (Lipinski definition) is 4. The van der Waals surface area contributed by atoms with E-state index in [1.807, 2.05) is 0 Å². The van der Waals surface area contributed by atoms with Gasteiger partial charge in [-0.3, -0.25) is 9.59 Å². The Kier molecular flexibility index (Phi) is 5.41. The van der Waals surface area contributed by atoms with Crippen molar-refractivity contribution in [1.82, 2.24) is 0 Å². The lowest BCUT2D eigenvalue weighted by Crippen LogP contribution is -2.11. The fourth-order valence-corrected chi connectivity index (χ4v) is 2.45. The summed E-state index contributed by atoms with van der Waals surface area (Å²) in [5, 5.41) is 3.97. The van der Waals surface area contributed by atoms with E-state index in [1.165, 1.54) is 6.92 Å². The molecular formula is C16H13Cl2NO3.